The van der Waals surface area contributed by atoms with Crippen LogP contribution in [0.1, 0.15) is 33.3 Å². The van der Waals surface area contributed by atoms with E-state index in [2.05, 4.69) is 38.2 Å². The summed E-state index contributed by atoms with van der Waals surface area (Å²) in [4.78, 5) is 0. The molecule has 1 N–H and O–H groups in total. The van der Waals surface area contributed by atoms with E-state index in [1.807, 2.05) is 31.2 Å². The predicted molar refractivity (Wildman–Crippen MR) is 74.4 cm³/mol. The van der Waals surface area contributed by atoms with Crippen molar-refractivity contribution in [2.24, 2.45) is 0 Å². The number of ether oxygens (including phenoxy) is 1. The summed E-state index contributed by atoms with van der Waals surface area (Å²) in [5.41, 5.74) is 1.28. The number of hydrogen-bond donors (Lipinski definition) is 1. The lowest BCUT2D eigenvalue weighted by atomic mass is 10.1. The van der Waals surface area contributed by atoms with Gasteiger partial charge in [0.15, 0.2) is 0 Å². The quantitative estimate of drug-likeness (QED) is 0.786. The van der Waals surface area contributed by atoms with Crippen LogP contribution in [-0.2, 0) is 0 Å². The standard InChI is InChI=1S/C15H23NO/c1-5-8-13-9-6-7-10-14(13)17-12-11-16-15(2,3)4/h5-10,16H,11-12H2,1-4H3. The van der Waals surface area contributed by atoms with Gasteiger partial charge in [-0.15, -0.1) is 0 Å². The molecule has 0 bridgehead atoms. The average molecular weight is 233 g/mol. The van der Waals surface area contributed by atoms with Crippen molar-refractivity contribution < 1.29 is 4.74 Å². The highest BCUT2D eigenvalue weighted by molar-refractivity contribution is 5.56. The van der Waals surface area contributed by atoms with Gasteiger partial charge in [0.25, 0.3) is 0 Å². The number of rotatable bonds is 5. The molecule has 17 heavy (non-hydrogen) atoms. The van der Waals surface area contributed by atoms with E-state index >= 15 is 0 Å². The van der Waals surface area contributed by atoms with Gasteiger partial charge in [0, 0.05) is 17.6 Å². The Kier molecular flexibility index (Phi) is 5.23. The average Bonchev–Trinajstić information content (AvgIpc) is 2.25. The van der Waals surface area contributed by atoms with Gasteiger partial charge in [-0.25, -0.2) is 0 Å². The maximum atomic E-state index is 5.77. The summed E-state index contributed by atoms with van der Waals surface area (Å²) in [5.74, 6) is 0.946. The molecular formula is C15H23NO. The third-order valence-corrected chi connectivity index (χ3v) is 2.28. The molecule has 0 atom stereocenters. The molecule has 1 rings (SSSR count). The van der Waals surface area contributed by atoms with Gasteiger partial charge in [-0.05, 0) is 33.8 Å². The minimum Gasteiger partial charge on any atom is -0.492 e. The Hall–Kier alpha value is -1.28. The van der Waals surface area contributed by atoms with Crippen molar-refractivity contribution in [3.63, 3.8) is 0 Å². The number of para-hydroxylation sites is 1. The third-order valence-electron chi connectivity index (χ3n) is 2.28. The van der Waals surface area contributed by atoms with E-state index < -0.39 is 0 Å². The number of allylic oxidation sites excluding steroid dienone is 1. The molecule has 0 aliphatic heterocycles. The van der Waals surface area contributed by atoms with Crippen molar-refractivity contribution in [2.45, 2.75) is 33.2 Å². The fraction of sp³-hybridized carbons (Fsp3) is 0.467. The first-order chi connectivity index (χ1) is 8.03. The molecule has 0 saturated carbocycles. The van der Waals surface area contributed by atoms with Crippen LogP contribution in [0.4, 0.5) is 0 Å². The van der Waals surface area contributed by atoms with Crippen LogP contribution < -0.4 is 10.1 Å². The fourth-order valence-corrected chi connectivity index (χ4v) is 1.52. The van der Waals surface area contributed by atoms with Gasteiger partial charge in [0.2, 0.25) is 0 Å². The monoisotopic (exact) mass is 233 g/mol. The first-order valence-corrected chi connectivity index (χ1v) is 6.12. The minimum absolute atomic E-state index is 0.145. The zero-order valence-electron chi connectivity index (χ0n) is 11.3. The zero-order chi connectivity index (χ0) is 12.7. The first-order valence-electron chi connectivity index (χ1n) is 6.12. The minimum atomic E-state index is 0.145. The van der Waals surface area contributed by atoms with Crippen LogP contribution in [0.15, 0.2) is 30.3 Å². The largest absolute Gasteiger partial charge is 0.492 e. The lowest BCUT2D eigenvalue weighted by molar-refractivity contribution is 0.290. The Labute approximate surface area is 105 Å². The van der Waals surface area contributed by atoms with Crippen molar-refractivity contribution in [2.75, 3.05) is 13.2 Å². The zero-order valence-corrected chi connectivity index (χ0v) is 11.3. The molecule has 0 fully saturated rings. The second kappa shape index (κ2) is 6.45. The molecule has 0 amide bonds. The molecule has 2 heteroatoms. The van der Waals surface area contributed by atoms with Crippen LogP contribution in [0.5, 0.6) is 5.75 Å². The fourth-order valence-electron chi connectivity index (χ4n) is 1.52. The molecule has 1 aromatic carbocycles. The number of hydrogen-bond acceptors (Lipinski definition) is 2. The van der Waals surface area contributed by atoms with Gasteiger partial charge in [-0.1, -0.05) is 30.4 Å². The highest BCUT2D eigenvalue weighted by atomic mass is 16.5. The lowest BCUT2D eigenvalue weighted by Gasteiger charge is -2.20. The van der Waals surface area contributed by atoms with Crippen LogP contribution in [-0.4, -0.2) is 18.7 Å². The summed E-state index contributed by atoms with van der Waals surface area (Å²) in [6, 6.07) is 8.09. The van der Waals surface area contributed by atoms with Gasteiger partial charge >= 0.3 is 0 Å². The highest BCUT2D eigenvalue weighted by Gasteiger charge is 2.07. The van der Waals surface area contributed by atoms with Gasteiger partial charge < -0.3 is 10.1 Å². The Balaban J connectivity index is 2.46. The van der Waals surface area contributed by atoms with E-state index in [1.54, 1.807) is 0 Å². The second-order valence-corrected chi connectivity index (χ2v) is 5.06. The van der Waals surface area contributed by atoms with E-state index in [9.17, 15) is 0 Å². The highest BCUT2D eigenvalue weighted by Crippen LogP contribution is 2.19. The Morgan fingerprint density at radius 3 is 2.59 bits per heavy atom. The van der Waals surface area contributed by atoms with E-state index in [-0.39, 0.29) is 5.54 Å². The maximum absolute atomic E-state index is 5.77. The van der Waals surface area contributed by atoms with Crippen molar-refractivity contribution >= 4 is 6.08 Å². The van der Waals surface area contributed by atoms with Crippen LogP contribution in [0, 0.1) is 0 Å². The van der Waals surface area contributed by atoms with Crippen LogP contribution in [0.2, 0.25) is 0 Å². The Morgan fingerprint density at radius 1 is 1.24 bits per heavy atom. The molecule has 0 aromatic heterocycles. The van der Waals surface area contributed by atoms with Crippen molar-refractivity contribution in [3.8, 4) is 5.75 Å². The lowest BCUT2D eigenvalue weighted by Crippen LogP contribution is -2.38. The molecule has 0 saturated heterocycles. The molecule has 1 aromatic rings. The van der Waals surface area contributed by atoms with Crippen LogP contribution in [0.3, 0.4) is 0 Å². The summed E-state index contributed by atoms with van der Waals surface area (Å²) >= 11 is 0. The predicted octanol–water partition coefficient (Wildman–Crippen LogP) is 3.49. The summed E-state index contributed by atoms with van der Waals surface area (Å²) in [6.45, 7) is 10.0. The molecule has 0 aliphatic rings. The summed E-state index contributed by atoms with van der Waals surface area (Å²) in [6.07, 6.45) is 4.09. The van der Waals surface area contributed by atoms with Crippen molar-refractivity contribution in [1.82, 2.24) is 5.32 Å². The number of nitrogens with one attached hydrogen (secondary N) is 1. The summed E-state index contributed by atoms with van der Waals surface area (Å²) in [7, 11) is 0. The van der Waals surface area contributed by atoms with Gasteiger partial charge in [-0.3, -0.25) is 0 Å². The molecule has 0 radical (unpaired) electrons. The van der Waals surface area contributed by atoms with E-state index in [4.69, 9.17) is 4.74 Å². The maximum Gasteiger partial charge on any atom is 0.126 e. The van der Waals surface area contributed by atoms with Crippen LogP contribution in [0.25, 0.3) is 6.08 Å². The van der Waals surface area contributed by atoms with Gasteiger partial charge in [-0.2, -0.15) is 0 Å². The second-order valence-electron chi connectivity index (χ2n) is 5.06. The smallest absolute Gasteiger partial charge is 0.126 e. The molecule has 0 unspecified atom stereocenters. The molecule has 2 nitrogen and oxygen atoms in total. The Bertz CT molecular complexity index is 363. The molecule has 94 valence electrons. The third kappa shape index (κ3) is 5.55. The van der Waals surface area contributed by atoms with Crippen LogP contribution >= 0.6 is 0 Å². The van der Waals surface area contributed by atoms with E-state index in [1.165, 1.54) is 0 Å². The first kappa shape index (κ1) is 13.8. The topological polar surface area (TPSA) is 21.3 Å². The van der Waals surface area contributed by atoms with Crippen molar-refractivity contribution in [3.05, 3.63) is 35.9 Å². The molecule has 0 aliphatic carbocycles. The van der Waals surface area contributed by atoms with E-state index in [0.717, 1.165) is 17.9 Å². The Morgan fingerprint density at radius 2 is 1.94 bits per heavy atom. The van der Waals surface area contributed by atoms with Gasteiger partial charge in [0.1, 0.15) is 12.4 Å². The summed E-state index contributed by atoms with van der Waals surface area (Å²) < 4.78 is 5.77. The van der Waals surface area contributed by atoms with Crippen molar-refractivity contribution in [1.29, 1.82) is 0 Å². The number of benzene rings is 1. The molecular weight excluding hydrogens is 210 g/mol. The molecule has 0 spiro atoms. The normalized spacial score (nSPS) is 12.0. The van der Waals surface area contributed by atoms with Gasteiger partial charge in [0.05, 0.1) is 0 Å². The van der Waals surface area contributed by atoms with E-state index in [0.29, 0.717) is 6.61 Å². The molecule has 0 heterocycles. The SMILES string of the molecule is CC=Cc1ccccc1OCCNC(C)(C)C. The summed E-state index contributed by atoms with van der Waals surface area (Å²) in [5, 5.41) is 3.40.